The largest absolute Gasteiger partial charge is 0.508 e. The maximum atomic E-state index is 13.1. The Morgan fingerprint density at radius 3 is 2.56 bits per heavy atom. The van der Waals surface area contributed by atoms with Crippen LogP contribution in [0.4, 0.5) is 4.39 Å². The molecule has 0 bridgehead atoms. The predicted octanol–water partition coefficient (Wildman–Crippen LogP) is 2.36. The molecule has 0 saturated heterocycles. The SMILES string of the molecule is CC1(C)C(C(=O)O)C1c1cc(F)ccc1O. The maximum absolute atomic E-state index is 13.1. The van der Waals surface area contributed by atoms with Gasteiger partial charge in [0.05, 0.1) is 5.92 Å². The second-order valence-corrected chi connectivity index (χ2v) is 4.82. The molecule has 1 aromatic rings. The molecule has 3 nitrogen and oxygen atoms in total. The van der Waals surface area contributed by atoms with Crippen LogP contribution in [0, 0.1) is 17.2 Å². The molecule has 0 radical (unpaired) electrons. The fraction of sp³-hybridized carbons (Fsp3) is 0.417. The lowest BCUT2D eigenvalue weighted by atomic mass is 10.0. The predicted molar refractivity (Wildman–Crippen MR) is 55.7 cm³/mol. The van der Waals surface area contributed by atoms with Crippen LogP contribution in [0.25, 0.3) is 0 Å². The number of hydrogen-bond donors (Lipinski definition) is 2. The highest BCUT2D eigenvalue weighted by Gasteiger charge is 2.63. The number of phenols is 1. The number of hydrogen-bond acceptors (Lipinski definition) is 2. The molecule has 1 saturated carbocycles. The summed E-state index contributed by atoms with van der Waals surface area (Å²) in [6, 6.07) is 3.63. The van der Waals surface area contributed by atoms with Gasteiger partial charge in [-0.1, -0.05) is 13.8 Å². The summed E-state index contributed by atoms with van der Waals surface area (Å²) in [4.78, 5) is 11.0. The summed E-state index contributed by atoms with van der Waals surface area (Å²) in [5.74, 6) is -2.28. The van der Waals surface area contributed by atoms with Crippen LogP contribution in [-0.4, -0.2) is 16.2 Å². The summed E-state index contributed by atoms with van der Waals surface area (Å²) in [7, 11) is 0. The average molecular weight is 224 g/mol. The zero-order chi connectivity index (χ0) is 12.1. The fourth-order valence-corrected chi connectivity index (χ4v) is 2.45. The minimum absolute atomic E-state index is 0.0387. The van der Waals surface area contributed by atoms with E-state index in [1.807, 2.05) is 0 Å². The summed E-state index contributed by atoms with van der Waals surface area (Å²) in [6.07, 6.45) is 0. The smallest absolute Gasteiger partial charge is 0.307 e. The van der Waals surface area contributed by atoms with Gasteiger partial charge in [0.15, 0.2) is 0 Å². The summed E-state index contributed by atoms with van der Waals surface area (Å²) >= 11 is 0. The normalized spacial score (nSPS) is 26.4. The van der Waals surface area contributed by atoms with Gasteiger partial charge >= 0.3 is 5.97 Å². The summed E-state index contributed by atoms with van der Waals surface area (Å²) in [5, 5.41) is 18.6. The van der Waals surface area contributed by atoms with Crippen LogP contribution >= 0.6 is 0 Å². The molecule has 86 valence electrons. The third kappa shape index (κ3) is 1.45. The molecular weight excluding hydrogens is 211 g/mol. The zero-order valence-corrected chi connectivity index (χ0v) is 9.07. The van der Waals surface area contributed by atoms with Gasteiger partial charge in [0.1, 0.15) is 11.6 Å². The van der Waals surface area contributed by atoms with Gasteiger partial charge in [-0.15, -0.1) is 0 Å². The molecule has 4 heteroatoms. The van der Waals surface area contributed by atoms with Crippen molar-refractivity contribution in [2.45, 2.75) is 19.8 Å². The highest BCUT2D eigenvalue weighted by atomic mass is 19.1. The first-order valence-corrected chi connectivity index (χ1v) is 5.07. The van der Waals surface area contributed by atoms with Crippen LogP contribution in [0.1, 0.15) is 25.3 Å². The van der Waals surface area contributed by atoms with Crippen molar-refractivity contribution in [1.29, 1.82) is 0 Å². The molecular formula is C12H13FO3. The maximum Gasteiger partial charge on any atom is 0.307 e. The van der Waals surface area contributed by atoms with Gasteiger partial charge in [0.25, 0.3) is 0 Å². The quantitative estimate of drug-likeness (QED) is 0.810. The molecule has 1 aliphatic rings. The van der Waals surface area contributed by atoms with Crippen LogP contribution in [-0.2, 0) is 4.79 Å². The number of carboxylic acid groups (broad SMARTS) is 1. The Hall–Kier alpha value is -1.58. The van der Waals surface area contributed by atoms with Gasteiger partial charge in [-0.05, 0) is 23.6 Å². The van der Waals surface area contributed by atoms with E-state index >= 15 is 0 Å². The number of rotatable bonds is 2. The van der Waals surface area contributed by atoms with Crippen molar-refractivity contribution >= 4 is 5.97 Å². The van der Waals surface area contributed by atoms with Crippen LogP contribution in [0.2, 0.25) is 0 Å². The van der Waals surface area contributed by atoms with Crippen molar-refractivity contribution in [3.05, 3.63) is 29.6 Å². The van der Waals surface area contributed by atoms with Crippen LogP contribution < -0.4 is 0 Å². The molecule has 0 heterocycles. The Morgan fingerprint density at radius 2 is 2.06 bits per heavy atom. The van der Waals surface area contributed by atoms with E-state index in [9.17, 15) is 14.3 Å². The van der Waals surface area contributed by atoms with Crippen molar-refractivity contribution < 1.29 is 19.4 Å². The molecule has 1 fully saturated rings. The molecule has 2 unspecified atom stereocenters. The molecule has 2 atom stereocenters. The molecule has 1 aliphatic carbocycles. The second-order valence-electron chi connectivity index (χ2n) is 4.82. The molecule has 2 N–H and O–H groups in total. The second kappa shape index (κ2) is 3.20. The molecule has 0 spiro atoms. The minimum atomic E-state index is -0.904. The Labute approximate surface area is 92.5 Å². The topological polar surface area (TPSA) is 57.5 Å². The van der Waals surface area contributed by atoms with E-state index < -0.39 is 23.1 Å². The molecule has 2 rings (SSSR count). The van der Waals surface area contributed by atoms with Gasteiger partial charge in [-0.2, -0.15) is 0 Å². The summed E-state index contributed by atoms with van der Waals surface area (Å²) in [6.45, 7) is 3.61. The van der Waals surface area contributed by atoms with Crippen molar-refractivity contribution in [3.8, 4) is 5.75 Å². The average Bonchev–Trinajstić information content (AvgIpc) is 2.73. The number of aliphatic carboxylic acids is 1. The van der Waals surface area contributed by atoms with Crippen LogP contribution in [0.5, 0.6) is 5.75 Å². The van der Waals surface area contributed by atoms with Crippen molar-refractivity contribution in [3.63, 3.8) is 0 Å². The number of benzene rings is 1. The molecule has 0 aliphatic heterocycles. The Kier molecular flexibility index (Phi) is 2.19. The zero-order valence-electron chi connectivity index (χ0n) is 9.07. The van der Waals surface area contributed by atoms with Crippen LogP contribution in [0.3, 0.4) is 0 Å². The van der Waals surface area contributed by atoms with E-state index in [0.717, 1.165) is 6.07 Å². The number of halogens is 1. The first kappa shape index (κ1) is 10.9. The Bertz CT molecular complexity index is 454. The van der Waals surface area contributed by atoms with Gasteiger partial charge in [-0.3, -0.25) is 4.79 Å². The highest BCUT2D eigenvalue weighted by molar-refractivity contribution is 5.78. The Balaban J connectivity index is 2.40. The molecule has 0 aromatic heterocycles. The van der Waals surface area contributed by atoms with Crippen LogP contribution in [0.15, 0.2) is 18.2 Å². The van der Waals surface area contributed by atoms with Crippen molar-refractivity contribution in [1.82, 2.24) is 0 Å². The number of carbonyl (C=O) groups is 1. The number of aromatic hydroxyl groups is 1. The Morgan fingerprint density at radius 1 is 1.44 bits per heavy atom. The van der Waals surface area contributed by atoms with Gasteiger partial charge in [0, 0.05) is 11.5 Å². The van der Waals surface area contributed by atoms with E-state index in [1.54, 1.807) is 13.8 Å². The summed E-state index contributed by atoms with van der Waals surface area (Å²) in [5.41, 5.74) is -0.0469. The first-order chi connectivity index (χ1) is 7.35. The summed E-state index contributed by atoms with van der Waals surface area (Å²) < 4.78 is 13.1. The number of phenolic OH excluding ortho intramolecular Hbond substituents is 1. The van der Waals surface area contributed by atoms with Crippen molar-refractivity contribution in [2.24, 2.45) is 11.3 Å². The van der Waals surface area contributed by atoms with E-state index in [4.69, 9.17) is 5.11 Å². The first-order valence-electron chi connectivity index (χ1n) is 5.07. The van der Waals surface area contributed by atoms with Crippen molar-refractivity contribution in [2.75, 3.05) is 0 Å². The highest BCUT2D eigenvalue weighted by Crippen LogP contribution is 2.65. The van der Waals surface area contributed by atoms with Gasteiger partial charge in [-0.25, -0.2) is 4.39 Å². The van der Waals surface area contributed by atoms with E-state index in [-0.39, 0.29) is 11.7 Å². The van der Waals surface area contributed by atoms with E-state index in [2.05, 4.69) is 0 Å². The molecule has 16 heavy (non-hydrogen) atoms. The number of carboxylic acids is 1. The standard InChI is InChI=1S/C12H13FO3/c1-12(2)9(10(12)11(15)16)7-5-6(13)3-4-8(7)14/h3-5,9-10,14H,1-2H3,(H,15,16). The third-order valence-corrected chi connectivity index (χ3v) is 3.42. The third-order valence-electron chi connectivity index (χ3n) is 3.42. The monoisotopic (exact) mass is 224 g/mol. The lowest BCUT2D eigenvalue weighted by Crippen LogP contribution is -2.03. The lowest BCUT2D eigenvalue weighted by molar-refractivity contribution is -0.139. The van der Waals surface area contributed by atoms with E-state index in [0.29, 0.717) is 5.56 Å². The minimum Gasteiger partial charge on any atom is -0.508 e. The van der Waals surface area contributed by atoms with Gasteiger partial charge in [0.2, 0.25) is 0 Å². The lowest BCUT2D eigenvalue weighted by Gasteiger charge is -2.05. The molecule has 0 amide bonds. The molecule has 1 aromatic carbocycles. The van der Waals surface area contributed by atoms with Gasteiger partial charge < -0.3 is 10.2 Å². The fourth-order valence-electron chi connectivity index (χ4n) is 2.45. The van der Waals surface area contributed by atoms with E-state index in [1.165, 1.54) is 12.1 Å².